The molecule has 1 aromatic carbocycles. The van der Waals surface area contributed by atoms with Crippen LogP contribution in [0.4, 0.5) is 5.69 Å². The number of hydrogen-bond donors (Lipinski definition) is 2. The highest BCUT2D eigenvalue weighted by molar-refractivity contribution is 7.89. The van der Waals surface area contributed by atoms with Crippen molar-refractivity contribution in [3.63, 3.8) is 0 Å². The van der Waals surface area contributed by atoms with E-state index in [0.717, 1.165) is 12.1 Å². The van der Waals surface area contributed by atoms with E-state index < -0.39 is 43.2 Å². The van der Waals surface area contributed by atoms with Crippen LogP contribution in [0.1, 0.15) is 6.92 Å². The Hall–Kier alpha value is -0.930. The highest BCUT2D eigenvalue weighted by atomic mass is 35.5. The van der Waals surface area contributed by atoms with E-state index in [0.29, 0.717) is 0 Å². The molecule has 0 aliphatic heterocycles. The van der Waals surface area contributed by atoms with Gasteiger partial charge < -0.3 is 5.11 Å². The Morgan fingerprint density at radius 3 is 2.53 bits per heavy atom. The molecule has 1 aromatic rings. The lowest BCUT2D eigenvalue weighted by atomic mass is 10.3. The number of aliphatic hydroxyl groups excluding tert-OH is 1. The third-order valence-corrected chi connectivity index (χ3v) is 4.57. The van der Waals surface area contributed by atoms with Gasteiger partial charge in [-0.25, -0.2) is 13.1 Å². The number of aliphatic hydroxyl groups is 1. The van der Waals surface area contributed by atoms with E-state index in [1.165, 1.54) is 6.92 Å². The van der Waals surface area contributed by atoms with Crippen LogP contribution >= 0.6 is 23.2 Å². The summed E-state index contributed by atoms with van der Waals surface area (Å²) in [7, 11) is -4.08. The number of halogens is 2. The van der Waals surface area contributed by atoms with Gasteiger partial charge in [0.25, 0.3) is 0 Å². The van der Waals surface area contributed by atoms with E-state index in [1.54, 1.807) is 0 Å². The van der Waals surface area contributed by atoms with Gasteiger partial charge in [0.15, 0.2) is 0 Å². The first-order valence-electron chi connectivity index (χ1n) is 4.96. The number of nitro benzene ring substituents is 1. The molecule has 106 valence electrons. The van der Waals surface area contributed by atoms with Crippen LogP contribution < -0.4 is 4.72 Å². The maximum absolute atomic E-state index is 11.9. The summed E-state index contributed by atoms with van der Waals surface area (Å²) in [4.78, 5) is 9.45. The maximum Gasteiger partial charge on any atom is 0.307 e. The molecule has 2 N–H and O–H groups in total. The maximum atomic E-state index is 11.9. The van der Waals surface area contributed by atoms with Crippen molar-refractivity contribution < 1.29 is 18.4 Å². The fourth-order valence-electron chi connectivity index (χ4n) is 1.26. The molecular formula is C9H10Cl2N2O5S. The number of benzene rings is 1. The zero-order valence-electron chi connectivity index (χ0n) is 9.63. The van der Waals surface area contributed by atoms with Crippen molar-refractivity contribution in [1.29, 1.82) is 0 Å². The first-order valence-corrected chi connectivity index (χ1v) is 7.20. The first-order chi connectivity index (χ1) is 8.70. The molecule has 19 heavy (non-hydrogen) atoms. The molecule has 0 bridgehead atoms. The zero-order chi connectivity index (χ0) is 14.8. The number of nitro groups is 1. The summed E-state index contributed by atoms with van der Waals surface area (Å²) >= 11 is 11.3. The predicted molar refractivity (Wildman–Crippen MR) is 70.0 cm³/mol. The largest absolute Gasteiger partial charge is 0.395 e. The van der Waals surface area contributed by atoms with Crippen molar-refractivity contribution >= 4 is 38.9 Å². The summed E-state index contributed by atoms with van der Waals surface area (Å²) in [5.74, 6) is 0. The van der Waals surface area contributed by atoms with Crippen LogP contribution in [-0.2, 0) is 10.0 Å². The number of hydrogen-bond acceptors (Lipinski definition) is 5. The van der Waals surface area contributed by atoms with E-state index in [-0.39, 0.29) is 5.02 Å². The fraction of sp³-hybridized carbons (Fsp3) is 0.333. The van der Waals surface area contributed by atoms with E-state index in [1.807, 2.05) is 0 Å². The lowest BCUT2D eigenvalue weighted by Crippen LogP contribution is -2.35. The van der Waals surface area contributed by atoms with E-state index in [9.17, 15) is 18.5 Å². The van der Waals surface area contributed by atoms with E-state index >= 15 is 0 Å². The second kappa shape index (κ2) is 6.02. The molecule has 1 rings (SSSR count). The monoisotopic (exact) mass is 328 g/mol. The lowest BCUT2D eigenvalue weighted by Gasteiger charge is -2.12. The second-order valence-electron chi connectivity index (χ2n) is 3.67. The highest BCUT2D eigenvalue weighted by Crippen LogP contribution is 2.37. The molecular weight excluding hydrogens is 319 g/mol. The SMILES string of the molecule is CC(CO)NS(=O)(=O)c1ccc(Cl)c([N+](=O)[O-])c1Cl. The Morgan fingerprint density at radius 2 is 2.05 bits per heavy atom. The molecule has 0 aliphatic carbocycles. The molecule has 10 heteroatoms. The molecule has 0 amide bonds. The number of nitrogens with one attached hydrogen (secondary N) is 1. The van der Waals surface area contributed by atoms with Crippen molar-refractivity contribution in [3.05, 3.63) is 32.3 Å². The van der Waals surface area contributed by atoms with Crippen molar-refractivity contribution in [2.75, 3.05) is 6.61 Å². The Kier molecular flexibility index (Phi) is 5.11. The van der Waals surface area contributed by atoms with Crippen LogP contribution in [0.15, 0.2) is 17.0 Å². The topological polar surface area (TPSA) is 110 Å². The highest BCUT2D eigenvalue weighted by Gasteiger charge is 2.28. The Labute approximate surface area is 119 Å². The van der Waals surface area contributed by atoms with Gasteiger partial charge >= 0.3 is 5.69 Å². The van der Waals surface area contributed by atoms with Gasteiger partial charge in [0.1, 0.15) is 14.9 Å². The quantitative estimate of drug-likeness (QED) is 0.629. The van der Waals surface area contributed by atoms with Crippen molar-refractivity contribution in [2.45, 2.75) is 17.9 Å². The third kappa shape index (κ3) is 3.54. The predicted octanol–water partition coefficient (Wildman–Crippen LogP) is 1.56. The number of sulfonamides is 1. The molecule has 0 saturated heterocycles. The Bertz CT molecular complexity index is 605. The number of nitrogens with zero attached hydrogens (tertiary/aromatic N) is 1. The first kappa shape index (κ1) is 16.1. The fourth-order valence-corrected chi connectivity index (χ4v) is 3.39. The van der Waals surface area contributed by atoms with Gasteiger partial charge in [-0.2, -0.15) is 0 Å². The second-order valence-corrected chi connectivity index (χ2v) is 6.14. The summed E-state index contributed by atoms with van der Waals surface area (Å²) in [6, 6.07) is 1.38. The van der Waals surface area contributed by atoms with Crippen LogP contribution in [0.2, 0.25) is 10.0 Å². The van der Waals surface area contributed by atoms with E-state index in [2.05, 4.69) is 4.72 Å². The van der Waals surface area contributed by atoms with Crippen LogP contribution in [0.25, 0.3) is 0 Å². The van der Waals surface area contributed by atoms with Gasteiger partial charge in [-0.15, -0.1) is 0 Å². The molecule has 0 aliphatic rings. The number of rotatable bonds is 5. The molecule has 0 spiro atoms. The lowest BCUT2D eigenvalue weighted by molar-refractivity contribution is -0.384. The van der Waals surface area contributed by atoms with E-state index in [4.69, 9.17) is 28.3 Å². The molecule has 7 nitrogen and oxygen atoms in total. The van der Waals surface area contributed by atoms with Crippen molar-refractivity contribution in [3.8, 4) is 0 Å². The Balaban J connectivity index is 3.37. The van der Waals surface area contributed by atoms with Crippen LogP contribution in [0.5, 0.6) is 0 Å². The molecule has 0 saturated carbocycles. The van der Waals surface area contributed by atoms with Gasteiger partial charge in [-0.1, -0.05) is 23.2 Å². The average molecular weight is 329 g/mol. The minimum atomic E-state index is -4.08. The minimum Gasteiger partial charge on any atom is -0.395 e. The molecule has 0 fully saturated rings. The summed E-state index contributed by atoms with van der Waals surface area (Å²) in [6.07, 6.45) is 0. The minimum absolute atomic E-state index is 0.260. The molecule has 0 radical (unpaired) electrons. The van der Waals surface area contributed by atoms with Gasteiger partial charge in [-0.3, -0.25) is 10.1 Å². The van der Waals surface area contributed by atoms with Crippen molar-refractivity contribution in [1.82, 2.24) is 4.72 Å². The summed E-state index contributed by atoms with van der Waals surface area (Å²) in [6.45, 7) is 1.00. The normalized spacial score (nSPS) is 13.3. The van der Waals surface area contributed by atoms with Gasteiger partial charge in [0.05, 0.1) is 11.5 Å². The van der Waals surface area contributed by atoms with Gasteiger partial charge in [0.2, 0.25) is 10.0 Å². The molecule has 1 unspecified atom stereocenters. The molecule has 1 atom stereocenters. The summed E-state index contributed by atoms with van der Waals surface area (Å²) in [5.41, 5.74) is -0.678. The Morgan fingerprint density at radius 1 is 1.47 bits per heavy atom. The van der Waals surface area contributed by atoms with Gasteiger partial charge in [-0.05, 0) is 19.1 Å². The van der Waals surface area contributed by atoms with Gasteiger partial charge in [0, 0.05) is 6.04 Å². The van der Waals surface area contributed by atoms with Crippen LogP contribution in [0.3, 0.4) is 0 Å². The van der Waals surface area contributed by atoms with Crippen LogP contribution in [-0.4, -0.2) is 31.1 Å². The molecule has 0 heterocycles. The molecule has 0 aromatic heterocycles. The van der Waals surface area contributed by atoms with Crippen LogP contribution in [0, 0.1) is 10.1 Å². The third-order valence-electron chi connectivity index (χ3n) is 2.13. The zero-order valence-corrected chi connectivity index (χ0v) is 12.0. The standard InChI is InChI=1S/C9H10Cl2N2O5S/c1-5(4-14)12-19(17,18)7-3-2-6(10)9(8(7)11)13(15)16/h2-3,5,12,14H,4H2,1H3. The average Bonchev–Trinajstić information content (AvgIpc) is 2.27. The smallest absolute Gasteiger partial charge is 0.307 e. The van der Waals surface area contributed by atoms with Crippen molar-refractivity contribution in [2.24, 2.45) is 0 Å². The summed E-state index contributed by atoms with van der Waals surface area (Å²) < 4.78 is 26.0. The summed E-state index contributed by atoms with van der Waals surface area (Å²) in [5, 5.41) is 18.8.